The highest BCUT2D eigenvalue weighted by molar-refractivity contribution is 5.30. The van der Waals surface area contributed by atoms with E-state index in [9.17, 15) is 0 Å². The predicted molar refractivity (Wildman–Crippen MR) is 71.1 cm³/mol. The molecular formula is C15H23NO. The van der Waals surface area contributed by atoms with Crippen LogP contribution in [0.3, 0.4) is 0 Å². The van der Waals surface area contributed by atoms with E-state index in [4.69, 9.17) is 10.5 Å². The maximum absolute atomic E-state index is 6.00. The summed E-state index contributed by atoms with van der Waals surface area (Å²) in [4.78, 5) is 0. The number of rotatable bonds is 3. The van der Waals surface area contributed by atoms with E-state index in [1.165, 1.54) is 16.7 Å². The van der Waals surface area contributed by atoms with E-state index in [-0.39, 0.29) is 11.5 Å². The first-order chi connectivity index (χ1) is 8.07. The first-order valence-electron chi connectivity index (χ1n) is 6.45. The van der Waals surface area contributed by atoms with Gasteiger partial charge in [0.2, 0.25) is 0 Å². The van der Waals surface area contributed by atoms with E-state index in [0.717, 1.165) is 19.4 Å². The molecule has 0 aromatic heterocycles. The molecule has 1 fully saturated rings. The van der Waals surface area contributed by atoms with Crippen molar-refractivity contribution in [2.75, 3.05) is 13.2 Å². The van der Waals surface area contributed by atoms with Crippen molar-refractivity contribution >= 4 is 0 Å². The van der Waals surface area contributed by atoms with Crippen LogP contribution >= 0.6 is 0 Å². The molecule has 0 spiro atoms. The molecule has 17 heavy (non-hydrogen) atoms. The second-order valence-electron chi connectivity index (χ2n) is 5.42. The zero-order valence-electron chi connectivity index (χ0n) is 11.1. The normalized spacial score (nSPS) is 28.6. The number of benzene rings is 1. The van der Waals surface area contributed by atoms with Gasteiger partial charge in [0.25, 0.3) is 0 Å². The molecule has 1 aromatic carbocycles. The topological polar surface area (TPSA) is 35.2 Å². The van der Waals surface area contributed by atoms with Crippen molar-refractivity contribution < 1.29 is 4.74 Å². The summed E-state index contributed by atoms with van der Waals surface area (Å²) in [6.07, 6.45) is 2.39. The third-order valence-corrected chi connectivity index (χ3v) is 4.36. The SMILES string of the molecule is Cc1ccc(CC2(CN)CCOC2C)cc1C. The minimum absolute atomic E-state index is 0.141. The van der Waals surface area contributed by atoms with E-state index < -0.39 is 0 Å². The van der Waals surface area contributed by atoms with Crippen molar-refractivity contribution in [2.45, 2.75) is 39.7 Å². The Morgan fingerprint density at radius 3 is 2.65 bits per heavy atom. The molecule has 0 aliphatic carbocycles. The molecular weight excluding hydrogens is 210 g/mol. The molecule has 94 valence electrons. The molecule has 2 nitrogen and oxygen atoms in total. The van der Waals surface area contributed by atoms with E-state index in [1.54, 1.807) is 0 Å². The Balaban J connectivity index is 2.21. The molecule has 0 amide bonds. The van der Waals surface area contributed by atoms with Crippen LogP contribution in [-0.2, 0) is 11.2 Å². The van der Waals surface area contributed by atoms with Gasteiger partial charge in [0.15, 0.2) is 0 Å². The molecule has 1 aliphatic heterocycles. The maximum Gasteiger partial charge on any atom is 0.0619 e. The van der Waals surface area contributed by atoms with Crippen molar-refractivity contribution in [1.82, 2.24) is 0 Å². The smallest absolute Gasteiger partial charge is 0.0619 e. The first kappa shape index (κ1) is 12.6. The summed E-state index contributed by atoms with van der Waals surface area (Å²) in [5.74, 6) is 0. The van der Waals surface area contributed by atoms with Crippen molar-refractivity contribution in [3.63, 3.8) is 0 Å². The summed E-state index contributed by atoms with van der Waals surface area (Å²) in [6, 6.07) is 6.72. The third-order valence-electron chi connectivity index (χ3n) is 4.36. The monoisotopic (exact) mass is 233 g/mol. The minimum Gasteiger partial charge on any atom is -0.378 e. The Hall–Kier alpha value is -0.860. The highest BCUT2D eigenvalue weighted by atomic mass is 16.5. The summed E-state index contributed by atoms with van der Waals surface area (Å²) in [6.45, 7) is 8.03. The average molecular weight is 233 g/mol. The van der Waals surface area contributed by atoms with Gasteiger partial charge in [0.1, 0.15) is 0 Å². The van der Waals surface area contributed by atoms with Crippen LogP contribution < -0.4 is 5.73 Å². The summed E-state index contributed by atoms with van der Waals surface area (Å²) < 4.78 is 5.71. The van der Waals surface area contributed by atoms with Gasteiger partial charge in [-0.25, -0.2) is 0 Å². The van der Waals surface area contributed by atoms with Crippen molar-refractivity contribution in [3.8, 4) is 0 Å². The Morgan fingerprint density at radius 1 is 1.35 bits per heavy atom. The highest BCUT2D eigenvalue weighted by Crippen LogP contribution is 2.37. The van der Waals surface area contributed by atoms with Gasteiger partial charge in [0.05, 0.1) is 6.10 Å². The number of hydrogen-bond donors (Lipinski definition) is 1. The summed E-state index contributed by atoms with van der Waals surface area (Å²) >= 11 is 0. The highest BCUT2D eigenvalue weighted by Gasteiger charge is 2.40. The molecule has 1 aromatic rings. The number of aryl methyl sites for hydroxylation is 2. The molecule has 1 aliphatic rings. The standard InChI is InChI=1S/C15H23NO/c1-11-4-5-14(8-12(11)2)9-15(10-16)6-7-17-13(15)3/h4-5,8,13H,6-7,9-10,16H2,1-3H3. The molecule has 0 radical (unpaired) electrons. The average Bonchev–Trinajstić information content (AvgIpc) is 2.66. The Kier molecular flexibility index (Phi) is 3.55. The molecule has 2 heteroatoms. The van der Waals surface area contributed by atoms with Crippen LogP contribution in [0.5, 0.6) is 0 Å². The third kappa shape index (κ3) is 2.38. The molecule has 2 rings (SSSR count). The van der Waals surface area contributed by atoms with Gasteiger partial charge in [-0.15, -0.1) is 0 Å². The Bertz CT molecular complexity index is 402. The lowest BCUT2D eigenvalue weighted by atomic mass is 9.76. The van der Waals surface area contributed by atoms with Crippen molar-refractivity contribution in [3.05, 3.63) is 34.9 Å². The van der Waals surface area contributed by atoms with Crippen molar-refractivity contribution in [2.24, 2.45) is 11.1 Å². The van der Waals surface area contributed by atoms with Gasteiger partial charge in [-0.2, -0.15) is 0 Å². The van der Waals surface area contributed by atoms with Crippen LogP contribution in [0.15, 0.2) is 18.2 Å². The maximum atomic E-state index is 6.00. The zero-order valence-corrected chi connectivity index (χ0v) is 11.1. The van der Waals surface area contributed by atoms with Crippen LogP contribution in [0.2, 0.25) is 0 Å². The van der Waals surface area contributed by atoms with Crippen LogP contribution in [0.1, 0.15) is 30.0 Å². The van der Waals surface area contributed by atoms with Gasteiger partial charge < -0.3 is 10.5 Å². The summed E-state index contributed by atoms with van der Waals surface area (Å²) in [7, 11) is 0. The van der Waals surface area contributed by atoms with Gasteiger partial charge in [-0.05, 0) is 50.3 Å². The molecule has 1 heterocycles. The summed E-state index contributed by atoms with van der Waals surface area (Å²) in [5, 5.41) is 0. The fourth-order valence-electron chi connectivity index (χ4n) is 2.71. The van der Waals surface area contributed by atoms with Crippen molar-refractivity contribution in [1.29, 1.82) is 0 Å². The number of hydrogen-bond acceptors (Lipinski definition) is 2. The Labute approximate surface area is 104 Å². The lowest BCUT2D eigenvalue weighted by Gasteiger charge is -2.31. The largest absolute Gasteiger partial charge is 0.378 e. The molecule has 2 unspecified atom stereocenters. The van der Waals surface area contributed by atoms with Crippen LogP contribution in [0, 0.1) is 19.3 Å². The van der Waals surface area contributed by atoms with Gasteiger partial charge in [-0.3, -0.25) is 0 Å². The fraction of sp³-hybridized carbons (Fsp3) is 0.600. The van der Waals surface area contributed by atoms with Crippen LogP contribution in [0.25, 0.3) is 0 Å². The zero-order chi connectivity index (χ0) is 12.5. The van der Waals surface area contributed by atoms with E-state index in [2.05, 4.69) is 39.0 Å². The number of nitrogens with two attached hydrogens (primary N) is 1. The van der Waals surface area contributed by atoms with Crippen LogP contribution in [-0.4, -0.2) is 19.3 Å². The molecule has 0 bridgehead atoms. The predicted octanol–water partition coefficient (Wildman–Crippen LogP) is 2.60. The Morgan fingerprint density at radius 2 is 2.12 bits per heavy atom. The first-order valence-corrected chi connectivity index (χ1v) is 6.45. The molecule has 2 N–H and O–H groups in total. The second kappa shape index (κ2) is 4.79. The van der Waals surface area contributed by atoms with Crippen LogP contribution in [0.4, 0.5) is 0 Å². The van der Waals surface area contributed by atoms with Gasteiger partial charge >= 0.3 is 0 Å². The minimum atomic E-state index is 0.141. The lowest BCUT2D eigenvalue weighted by molar-refractivity contribution is 0.0673. The molecule has 2 atom stereocenters. The molecule has 0 saturated carbocycles. The second-order valence-corrected chi connectivity index (χ2v) is 5.42. The fourth-order valence-corrected chi connectivity index (χ4v) is 2.71. The van der Waals surface area contributed by atoms with E-state index in [1.807, 2.05) is 0 Å². The lowest BCUT2D eigenvalue weighted by Crippen LogP contribution is -2.38. The van der Waals surface area contributed by atoms with Gasteiger partial charge in [0, 0.05) is 18.6 Å². The quantitative estimate of drug-likeness (QED) is 0.871. The summed E-state index contributed by atoms with van der Waals surface area (Å²) in [5.41, 5.74) is 10.2. The van der Waals surface area contributed by atoms with Gasteiger partial charge in [-0.1, -0.05) is 18.2 Å². The molecule has 1 saturated heterocycles. The van der Waals surface area contributed by atoms with E-state index in [0.29, 0.717) is 6.54 Å². The number of ether oxygens (including phenoxy) is 1. The van der Waals surface area contributed by atoms with E-state index >= 15 is 0 Å².